The van der Waals surface area contributed by atoms with Crippen molar-refractivity contribution in [2.75, 3.05) is 18.5 Å². The summed E-state index contributed by atoms with van der Waals surface area (Å²) in [6.45, 7) is 3.81. The number of anilines is 1. The summed E-state index contributed by atoms with van der Waals surface area (Å²) in [5.74, 6) is -0.0984. The topological polar surface area (TPSA) is 71.5 Å². The van der Waals surface area contributed by atoms with Crippen LogP contribution in [-0.4, -0.2) is 29.2 Å². The molecule has 2 rings (SSSR count). The number of carbonyl (C=O) groups is 1. The largest absolute Gasteiger partial charge is 0.462 e. The Bertz CT molecular complexity index is 689. The molecule has 0 aliphatic heterocycles. The van der Waals surface area contributed by atoms with Gasteiger partial charge in [-0.1, -0.05) is 29.8 Å². The van der Waals surface area contributed by atoms with E-state index in [2.05, 4.69) is 10.3 Å². The maximum atomic E-state index is 11.9. The van der Waals surface area contributed by atoms with Crippen molar-refractivity contribution in [3.8, 4) is 0 Å². The molecule has 1 aromatic carbocycles. The third-order valence-corrected chi connectivity index (χ3v) is 3.69. The van der Waals surface area contributed by atoms with Crippen LogP contribution in [0.3, 0.4) is 0 Å². The number of aromatic nitrogens is 1. The van der Waals surface area contributed by atoms with E-state index in [1.807, 2.05) is 0 Å². The van der Waals surface area contributed by atoms with E-state index in [0.29, 0.717) is 22.0 Å². The number of nitrogens with one attached hydrogen (secondary N) is 1. The Morgan fingerprint density at radius 1 is 1.35 bits per heavy atom. The number of ether oxygens (including phenoxy) is 1. The van der Waals surface area contributed by atoms with Crippen LogP contribution in [0, 0.1) is 0 Å². The quantitative estimate of drug-likeness (QED) is 0.794. The molecule has 0 aliphatic carbocycles. The minimum atomic E-state index is -1.22. The monoisotopic (exact) mass is 334 g/mol. The number of benzene rings is 1. The summed E-state index contributed by atoms with van der Waals surface area (Å²) in [7, 11) is 0. The Morgan fingerprint density at radius 2 is 2.09 bits per heavy atom. The Balaban J connectivity index is 2.18. The molecule has 0 amide bonds. The van der Waals surface area contributed by atoms with Gasteiger partial charge in [0.15, 0.2) is 0 Å². The van der Waals surface area contributed by atoms with Crippen molar-refractivity contribution >= 4 is 23.4 Å². The van der Waals surface area contributed by atoms with Crippen molar-refractivity contribution < 1.29 is 14.6 Å². The molecular weight excluding hydrogens is 316 g/mol. The molecule has 0 bridgehead atoms. The molecular formula is C17H19ClN2O3. The fourth-order valence-corrected chi connectivity index (χ4v) is 2.51. The van der Waals surface area contributed by atoms with Crippen LogP contribution in [0.2, 0.25) is 5.02 Å². The van der Waals surface area contributed by atoms with Gasteiger partial charge in [0.1, 0.15) is 17.0 Å². The zero-order valence-corrected chi connectivity index (χ0v) is 13.8. The SMILES string of the molecule is CCOC(=O)c1cccnc1NCC(C)(O)c1ccccc1Cl. The van der Waals surface area contributed by atoms with Crippen LogP contribution in [0.1, 0.15) is 29.8 Å². The Kier molecular flexibility index (Phi) is 5.58. The van der Waals surface area contributed by atoms with E-state index >= 15 is 0 Å². The lowest BCUT2D eigenvalue weighted by atomic mass is 9.96. The lowest BCUT2D eigenvalue weighted by molar-refractivity contribution is 0.0525. The minimum absolute atomic E-state index is 0.139. The molecule has 0 spiro atoms. The van der Waals surface area contributed by atoms with Gasteiger partial charge in [0, 0.05) is 23.3 Å². The van der Waals surface area contributed by atoms with Gasteiger partial charge in [-0.3, -0.25) is 0 Å². The molecule has 2 aromatic rings. The molecule has 0 saturated heterocycles. The molecule has 0 saturated carbocycles. The summed E-state index contributed by atoms with van der Waals surface area (Å²) < 4.78 is 5.00. The average Bonchev–Trinajstić information content (AvgIpc) is 2.54. The van der Waals surface area contributed by atoms with E-state index in [0.717, 1.165) is 0 Å². The second-order valence-electron chi connectivity index (χ2n) is 5.23. The highest BCUT2D eigenvalue weighted by molar-refractivity contribution is 6.31. The number of rotatable bonds is 6. The van der Waals surface area contributed by atoms with Gasteiger partial charge in [0.05, 0.1) is 6.61 Å². The molecule has 0 radical (unpaired) electrons. The zero-order valence-electron chi connectivity index (χ0n) is 13.0. The third kappa shape index (κ3) is 4.21. The Labute approximate surface area is 140 Å². The van der Waals surface area contributed by atoms with Gasteiger partial charge < -0.3 is 15.2 Å². The maximum Gasteiger partial charge on any atom is 0.341 e. The predicted octanol–water partition coefficient (Wildman–Crippen LogP) is 3.23. The summed E-state index contributed by atoms with van der Waals surface area (Å²) in [4.78, 5) is 16.1. The zero-order chi connectivity index (χ0) is 16.9. The first-order valence-corrected chi connectivity index (χ1v) is 7.67. The summed E-state index contributed by atoms with van der Waals surface area (Å²) in [5, 5.41) is 14.1. The molecule has 1 aromatic heterocycles. The third-order valence-electron chi connectivity index (χ3n) is 3.36. The van der Waals surface area contributed by atoms with Crippen molar-refractivity contribution in [2.45, 2.75) is 19.4 Å². The van der Waals surface area contributed by atoms with E-state index in [9.17, 15) is 9.90 Å². The van der Waals surface area contributed by atoms with E-state index in [1.54, 1.807) is 56.4 Å². The fourth-order valence-electron chi connectivity index (χ4n) is 2.17. The summed E-state index contributed by atoms with van der Waals surface area (Å²) >= 11 is 6.14. The van der Waals surface area contributed by atoms with E-state index in [-0.39, 0.29) is 13.2 Å². The first-order valence-electron chi connectivity index (χ1n) is 7.29. The van der Waals surface area contributed by atoms with Crippen LogP contribution in [0.25, 0.3) is 0 Å². The summed E-state index contributed by atoms with van der Waals surface area (Å²) in [6.07, 6.45) is 1.56. The standard InChI is InChI=1S/C17H19ClN2O3/c1-3-23-16(21)12-7-6-10-19-15(12)20-11-17(2,22)13-8-4-5-9-14(13)18/h4-10,22H,3,11H2,1-2H3,(H,19,20). The van der Waals surface area contributed by atoms with Gasteiger partial charge in [0.2, 0.25) is 0 Å². The molecule has 1 unspecified atom stereocenters. The Morgan fingerprint density at radius 3 is 2.78 bits per heavy atom. The second-order valence-corrected chi connectivity index (χ2v) is 5.63. The lowest BCUT2D eigenvalue weighted by Crippen LogP contribution is -2.31. The summed E-state index contributed by atoms with van der Waals surface area (Å²) in [5.41, 5.74) is -0.297. The van der Waals surface area contributed by atoms with Gasteiger partial charge in [-0.05, 0) is 32.0 Å². The fraction of sp³-hybridized carbons (Fsp3) is 0.294. The van der Waals surface area contributed by atoms with Gasteiger partial charge in [-0.2, -0.15) is 0 Å². The molecule has 5 nitrogen and oxygen atoms in total. The molecule has 6 heteroatoms. The number of esters is 1. The van der Waals surface area contributed by atoms with E-state index in [4.69, 9.17) is 16.3 Å². The highest BCUT2D eigenvalue weighted by Crippen LogP contribution is 2.28. The highest BCUT2D eigenvalue weighted by atomic mass is 35.5. The van der Waals surface area contributed by atoms with Gasteiger partial charge >= 0.3 is 5.97 Å². The number of hydrogen-bond acceptors (Lipinski definition) is 5. The molecule has 0 aliphatic rings. The van der Waals surface area contributed by atoms with Gasteiger partial charge in [-0.15, -0.1) is 0 Å². The second kappa shape index (κ2) is 7.44. The van der Waals surface area contributed by atoms with Crippen LogP contribution >= 0.6 is 11.6 Å². The number of hydrogen-bond donors (Lipinski definition) is 2. The summed E-state index contributed by atoms with van der Waals surface area (Å²) in [6, 6.07) is 10.4. The normalized spacial score (nSPS) is 13.2. The minimum Gasteiger partial charge on any atom is -0.462 e. The predicted molar refractivity (Wildman–Crippen MR) is 89.7 cm³/mol. The van der Waals surface area contributed by atoms with Gasteiger partial charge in [0.25, 0.3) is 0 Å². The van der Waals surface area contributed by atoms with Crippen molar-refractivity contribution in [3.63, 3.8) is 0 Å². The average molecular weight is 335 g/mol. The number of carbonyl (C=O) groups excluding carboxylic acids is 1. The molecule has 1 heterocycles. The van der Waals surface area contributed by atoms with Crippen molar-refractivity contribution in [3.05, 3.63) is 58.7 Å². The molecule has 23 heavy (non-hydrogen) atoms. The molecule has 0 fully saturated rings. The lowest BCUT2D eigenvalue weighted by Gasteiger charge is -2.26. The van der Waals surface area contributed by atoms with E-state index in [1.165, 1.54) is 0 Å². The van der Waals surface area contributed by atoms with Gasteiger partial charge in [-0.25, -0.2) is 9.78 Å². The van der Waals surface area contributed by atoms with Crippen molar-refractivity contribution in [1.29, 1.82) is 0 Å². The molecule has 122 valence electrons. The Hall–Kier alpha value is -2.11. The van der Waals surface area contributed by atoms with Crippen LogP contribution in [0.15, 0.2) is 42.6 Å². The van der Waals surface area contributed by atoms with Crippen LogP contribution < -0.4 is 5.32 Å². The van der Waals surface area contributed by atoms with E-state index < -0.39 is 11.6 Å². The molecule has 1 atom stereocenters. The number of nitrogens with zero attached hydrogens (tertiary/aromatic N) is 1. The van der Waals surface area contributed by atoms with Crippen LogP contribution in [0.5, 0.6) is 0 Å². The highest BCUT2D eigenvalue weighted by Gasteiger charge is 2.26. The molecule has 2 N–H and O–H groups in total. The number of aliphatic hydroxyl groups is 1. The number of pyridine rings is 1. The van der Waals surface area contributed by atoms with Crippen molar-refractivity contribution in [1.82, 2.24) is 4.98 Å². The first kappa shape index (κ1) is 17.2. The smallest absolute Gasteiger partial charge is 0.341 e. The van der Waals surface area contributed by atoms with Crippen LogP contribution in [-0.2, 0) is 10.3 Å². The first-order chi connectivity index (χ1) is 11.0. The number of halogens is 1. The van der Waals surface area contributed by atoms with Crippen molar-refractivity contribution in [2.24, 2.45) is 0 Å². The van der Waals surface area contributed by atoms with Crippen LogP contribution in [0.4, 0.5) is 5.82 Å². The maximum absolute atomic E-state index is 11.9.